The van der Waals surface area contributed by atoms with Crippen LogP contribution in [0.2, 0.25) is 0 Å². The molecule has 39 heavy (non-hydrogen) atoms. The van der Waals surface area contributed by atoms with Crippen molar-refractivity contribution in [3.8, 4) is 33.8 Å². The Morgan fingerprint density at radius 2 is 1.72 bits per heavy atom. The van der Waals surface area contributed by atoms with Crippen LogP contribution in [0.4, 0.5) is 0 Å². The fraction of sp³-hybridized carbons (Fsp3) is 0.241. The highest BCUT2D eigenvalue weighted by molar-refractivity contribution is 7.90. The topological polar surface area (TPSA) is 97.5 Å². The molecule has 0 spiro atoms. The normalized spacial score (nSPS) is 15.9. The molecule has 1 unspecified atom stereocenters. The molecule has 0 saturated carbocycles. The number of fused-ring (bicyclic) bond motifs is 1. The van der Waals surface area contributed by atoms with Crippen molar-refractivity contribution in [3.63, 3.8) is 0 Å². The first-order valence-electron chi connectivity index (χ1n) is 12.7. The van der Waals surface area contributed by atoms with E-state index in [0.29, 0.717) is 34.7 Å². The number of pyridine rings is 1. The smallest absolute Gasteiger partial charge is 0.269 e. The van der Waals surface area contributed by atoms with Gasteiger partial charge in [0.15, 0.2) is 17.1 Å². The van der Waals surface area contributed by atoms with Gasteiger partial charge in [0.2, 0.25) is 0 Å². The van der Waals surface area contributed by atoms with Crippen LogP contribution in [0.3, 0.4) is 0 Å². The molecule has 1 fully saturated rings. The monoisotopic (exact) mass is 544 g/mol. The van der Waals surface area contributed by atoms with Crippen LogP contribution in [0.25, 0.3) is 33.3 Å². The van der Waals surface area contributed by atoms with Crippen molar-refractivity contribution in [1.29, 1.82) is 0 Å². The Morgan fingerprint density at radius 3 is 2.46 bits per heavy atom. The second-order valence-electron chi connectivity index (χ2n) is 9.35. The predicted molar refractivity (Wildman–Crippen MR) is 147 cm³/mol. The summed E-state index contributed by atoms with van der Waals surface area (Å²) in [7, 11) is -0.722. The van der Waals surface area contributed by atoms with Gasteiger partial charge in [-0.1, -0.05) is 24.3 Å². The van der Waals surface area contributed by atoms with Gasteiger partial charge in [0.05, 0.1) is 25.3 Å². The summed E-state index contributed by atoms with van der Waals surface area (Å²) in [6, 6.07) is 15.9. The first-order chi connectivity index (χ1) is 19.0. The van der Waals surface area contributed by atoms with E-state index in [2.05, 4.69) is 10.1 Å². The highest BCUT2D eigenvalue weighted by Gasteiger charge is 2.25. The van der Waals surface area contributed by atoms with Gasteiger partial charge in [0.1, 0.15) is 6.23 Å². The van der Waals surface area contributed by atoms with Crippen LogP contribution >= 0.6 is 0 Å². The third kappa shape index (κ3) is 4.55. The van der Waals surface area contributed by atoms with Crippen molar-refractivity contribution < 1.29 is 22.6 Å². The van der Waals surface area contributed by atoms with Crippen molar-refractivity contribution in [2.45, 2.75) is 30.4 Å². The number of methoxy groups -OCH3 is 2. The summed E-state index contributed by atoms with van der Waals surface area (Å²) in [4.78, 5) is 4.84. The van der Waals surface area contributed by atoms with E-state index in [9.17, 15) is 8.42 Å². The van der Waals surface area contributed by atoms with E-state index >= 15 is 0 Å². The Morgan fingerprint density at radius 1 is 0.897 bits per heavy atom. The zero-order chi connectivity index (χ0) is 27.0. The zero-order valence-electron chi connectivity index (χ0n) is 21.6. The maximum absolute atomic E-state index is 13.7. The molecule has 4 heterocycles. The first kappa shape index (κ1) is 25.1. The maximum Gasteiger partial charge on any atom is 0.269 e. The number of aromatic nitrogens is 4. The van der Waals surface area contributed by atoms with Gasteiger partial charge >= 0.3 is 0 Å². The van der Waals surface area contributed by atoms with Crippen LogP contribution in [0, 0.1) is 0 Å². The van der Waals surface area contributed by atoms with E-state index in [1.807, 2.05) is 35.1 Å². The number of hydrogen-bond donors (Lipinski definition) is 0. The summed E-state index contributed by atoms with van der Waals surface area (Å²) < 4.78 is 47.2. The number of rotatable bonds is 7. The van der Waals surface area contributed by atoms with Crippen LogP contribution in [-0.2, 0) is 14.8 Å². The van der Waals surface area contributed by atoms with Crippen LogP contribution in [0.1, 0.15) is 25.5 Å². The second-order valence-corrected chi connectivity index (χ2v) is 11.2. The molecule has 2 aromatic carbocycles. The molecule has 0 bridgehead atoms. The van der Waals surface area contributed by atoms with Crippen LogP contribution in [0.15, 0.2) is 84.3 Å². The summed E-state index contributed by atoms with van der Waals surface area (Å²) in [6.07, 6.45) is 9.83. The highest BCUT2D eigenvalue weighted by atomic mass is 32.2. The molecule has 6 rings (SSSR count). The van der Waals surface area contributed by atoms with Gasteiger partial charge in [-0.2, -0.15) is 5.10 Å². The van der Waals surface area contributed by atoms with Gasteiger partial charge in [-0.15, -0.1) is 0 Å². The summed E-state index contributed by atoms with van der Waals surface area (Å²) in [5, 5.41) is 5.24. The average Bonchev–Trinajstić information content (AvgIpc) is 3.63. The molecule has 1 saturated heterocycles. The third-order valence-electron chi connectivity index (χ3n) is 6.99. The first-order valence-corrected chi connectivity index (χ1v) is 14.1. The molecular weight excluding hydrogens is 516 g/mol. The zero-order valence-corrected chi connectivity index (χ0v) is 22.5. The lowest BCUT2D eigenvalue weighted by molar-refractivity contribution is -0.0394. The lowest BCUT2D eigenvalue weighted by Crippen LogP contribution is -2.18. The third-order valence-corrected chi connectivity index (χ3v) is 8.66. The van der Waals surface area contributed by atoms with Crippen molar-refractivity contribution in [2.75, 3.05) is 20.8 Å². The van der Waals surface area contributed by atoms with Crippen molar-refractivity contribution in [3.05, 3.63) is 79.4 Å². The molecule has 9 nitrogen and oxygen atoms in total. The van der Waals surface area contributed by atoms with E-state index < -0.39 is 10.0 Å². The number of ether oxygens (including phenoxy) is 3. The molecule has 0 aliphatic carbocycles. The quantitative estimate of drug-likeness (QED) is 0.266. The average molecular weight is 545 g/mol. The van der Waals surface area contributed by atoms with E-state index in [1.54, 1.807) is 63.1 Å². The Kier molecular flexibility index (Phi) is 6.58. The summed E-state index contributed by atoms with van der Waals surface area (Å²) >= 11 is 0. The van der Waals surface area contributed by atoms with E-state index in [-0.39, 0.29) is 11.1 Å². The van der Waals surface area contributed by atoms with Crippen LogP contribution in [0.5, 0.6) is 11.5 Å². The lowest BCUT2D eigenvalue weighted by Gasteiger charge is -2.22. The Hall–Kier alpha value is -4.15. The minimum atomic E-state index is -3.90. The SMILES string of the molecule is COc1ccc(-c2cnc3c(c2)c(-c2cnn(C4CCCCO4)c2)cn3S(=O)(=O)c2ccccc2)cc1OC. The van der Waals surface area contributed by atoms with Crippen LogP contribution < -0.4 is 9.47 Å². The fourth-order valence-corrected chi connectivity index (χ4v) is 6.28. The van der Waals surface area contributed by atoms with Gasteiger partial charge in [0, 0.05) is 47.3 Å². The Labute approximate surface area is 226 Å². The summed E-state index contributed by atoms with van der Waals surface area (Å²) in [6.45, 7) is 0.701. The molecule has 0 amide bonds. The van der Waals surface area contributed by atoms with Gasteiger partial charge < -0.3 is 14.2 Å². The van der Waals surface area contributed by atoms with Gasteiger partial charge in [-0.3, -0.25) is 0 Å². The molecule has 5 aromatic rings. The summed E-state index contributed by atoms with van der Waals surface area (Å²) in [5.74, 6) is 1.21. The van der Waals surface area contributed by atoms with Gasteiger partial charge in [-0.05, 0) is 55.2 Å². The maximum atomic E-state index is 13.7. The number of benzene rings is 2. The van der Waals surface area contributed by atoms with E-state index in [4.69, 9.17) is 14.2 Å². The molecule has 1 aliphatic heterocycles. The molecule has 1 aliphatic rings. The van der Waals surface area contributed by atoms with Crippen LogP contribution in [-0.4, -0.2) is 48.0 Å². The van der Waals surface area contributed by atoms with Gasteiger partial charge in [0.25, 0.3) is 10.0 Å². The Balaban J connectivity index is 1.52. The molecule has 200 valence electrons. The standard InChI is InChI=1S/C29H28N4O5S/c1-36-26-12-11-20(15-27(26)37-2)21-14-24-25(22-17-31-32(18-22)28-10-6-7-13-38-28)19-33(29(24)30-16-21)39(34,35)23-8-4-3-5-9-23/h3-5,8-9,11-12,14-19,28H,6-7,10,13H2,1-2H3. The predicted octanol–water partition coefficient (Wildman–Crippen LogP) is 5.52. The molecule has 10 heteroatoms. The largest absolute Gasteiger partial charge is 0.493 e. The molecule has 0 radical (unpaired) electrons. The van der Waals surface area contributed by atoms with E-state index in [0.717, 1.165) is 36.0 Å². The molecular formula is C29H28N4O5S. The number of nitrogens with zero attached hydrogens (tertiary/aromatic N) is 4. The molecule has 0 N–H and O–H groups in total. The number of hydrogen-bond acceptors (Lipinski definition) is 7. The van der Waals surface area contributed by atoms with E-state index in [1.165, 1.54) is 3.97 Å². The molecule has 3 aromatic heterocycles. The highest BCUT2D eigenvalue weighted by Crippen LogP contribution is 2.37. The lowest BCUT2D eigenvalue weighted by atomic mass is 10.0. The van der Waals surface area contributed by atoms with Crippen molar-refractivity contribution in [1.82, 2.24) is 18.7 Å². The minimum absolute atomic E-state index is 0.130. The second kappa shape index (κ2) is 10.2. The fourth-order valence-electron chi connectivity index (χ4n) is 4.94. The van der Waals surface area contributed by atoms with Gasteiger partial charge in [-0.25, -0.2) is 22.1 Å². The van der Waals surface area contributed by atoms with Crippen molar-refractivity contribution in [2.24, 2.45) is 0 Å². The Bertz CT molecular complexity index is 1740. The summed E-state index contributed by atoms with van der Waals surface area (Å²) in [5.41, 5.74) is 3.49. The van der Waals surface area contributed by atoms with Crippen molar-refractivity contribution >= 4 is 21.1 Å². The minimum Gasteiger partial charge on any atom is -0.493 e. The molecule has 1 atom stereocenters.